The minimum absolute atomic E-state index is 0.0378. The number of nitrogens with one attached hydrogen (secondary N) is 1. The maximum Gasteiger partial charge on any atom is 0.308 e. The molecule has 3 heteroatoms. The lowest BCUT2D eigenvalue weighted by Gasteiger charge is -2.33. The number of hydrogen-bond acceptors (Lipinski definition) is 3. The van der Waals surface area contributed by atoms with Crippen LogP contribution < -0.4 is 5.32 Å². The lowest BCUT2D eigenvalue weighted by Crippen LogP contribution is -2.45. The second kappa shape index (κ2) is 4.97. The first-order chi connectivity index (χ1) is 6.92. The Bertz CT molecular complexity index is 212. The maximum atomic E-state index is 11.3. The molecule has 1 fully saturated rings. The monoisotopic (exact) mass is 213 g/mol. The molecule has 3 nitrogen and oxygen atoms in total. The van der Waals surface area contributed by atoms with Crippen LogP contribution in [-0.4, -0.2) is 24.7 Å². The number of carbonyl (C=O) groups is 1. The van der Waals surface area contributed by atoms with Crippen molar-refractivity contribution >= 4 is 5.97 Å². The summed E-state index contributed by atoms with van der Waals surface area (Å²) in [5, 5.41) is 3.58. The van der Waals surface area contributed by atoms with Gasteiger partial charge >= 0.3 is 5.97 Å². The molecule has 0 bridgehead atoms. The quantitative estimate of drug-likeness (QED) is 0.714. The fourth-order valence-electron chi connectivity index (χ4n) is 2.25. The van der Waals surface area contributed by atoms with Gasteiger partial charge in [0.15, 0.2) is 0 Å². The second-order valence-corrected chi connectivity index (χ2v) is 5.47. The smallest absolute Gasteiger partial charge is 0.308 e. The van der Waals surface area contributed by atoms with Crippen LogP contribution in [0.3, 0.4) is 0 Å². The fraction of sp³-hybridized carbons (Fsp3) is 0.917. The van der Waals surface area contributed by atoms with Crippen LogP contribution in [-0.2, 0) is 9.53 Å². The van der Waals surface area contributed by atoms with Gasteiger partial charge in [-0.05, 0) is 46.5 Å². The van der Waals surface area contributed by atoms with E-state index >= 15 is 0 Å². The molecule has 0 spiro atoms. The van der Waals surface area contributed by atoms with Gasteiger partial charge in [0, 0.05) is 11.6 Å². The molecule has 0 amide bonds. The van der Waals surface area contributed by atoms with Crippen molar-refractivity contribution in [2.75, 3.05) is 7.11 Å². The Kier molecular flexibility index (Phi) is 4.14. The Labute approximate surface area is 92.6 Å². The van der Waals surface area contributed by atoms with Crippen LogP contribution >= 0.6 is 0 Å². The molecule has 1 aliphatic carbocycles. The molecule has 1 saturated carbocycles. The fourth-order valence-corrected chi connectivity index (χ4v) is 2.25. The Hall–Kier alpha value is -0.570. The van der Waals surface area contributed by atoms with Gasteiger partial charge in [-0.25, -0.2) is 0 Å². The molecule has 88 valence electrons. The average Bonchev–Trinajstić information content (AvgIpc) is 2.15. The topological polar surface area (TPSA) is 38.3 Å². The van der Waals surface area contributed by atoms with Crippen molar-refractivity contribution in [3.8, 4) is 0 Å². The molecule has 1 aliphatic rings. The Morgan fingerprint density at radius 1 is 1.20 bits per heavy atom. The molecule has 0 heterocycles. The maximum absolute atomic E-state index is 11.3. The van der Waals surface area contributed by atoms with Crippen LogP contribution in [0.1, 0.15) is 46.5 Å². The van der Waals surface area contributed by atoms with Crippen LogP contribution in [0.2, 0.25) is 0 Å². The van der Waals surface area contributed by atoms with E-state index in [1.54, 1.807) is 0 Å². The molecule has 0 aliphatic heterocycles. The van der Waals surface area contributed by atoms with Crippen LogP contribution in [0, 0.1) is 5.92 Å². The number of carbonyl (C=O) groups excluding carboxylic acids is 1. The highest BCUT2D eigenvalue weighted by molar-refractivity contribution is 5.72. The molecule has 1 rings (SSSR count). The van der Waals surface area contributed by atoms with Crippen LogP contribution in [0.25, 0.3) is 0 Å². The number of esters is 1. The van der Waals surface area contributed by atoms with Gasteiger partial charge in [-0.15, -0.1) is 0 Å². The van der Waals surface area contributed by atoms with Gasteiger partial charge in [0.1, 0.15) is 0 Å². The zero-order chi connectivity index (χ0) is 11.5. The molecule has 15 heavy (non-hydrogen) atoms. The van der Waals surface area contributed by atoms with Gasteiger partial charge in [-0.2, -0.15) is 0 Å². The van der Waals surface area contributed by atoms with E-state index in [1.807, 2.05) is 0 Å². The normalized spacial score (nSPS) is 27.5. The summed E-state index contributed by atoms with van der Waals surface area (Å²) in [6.07, 6.45) is 4.08. The Balaban J connectivity index is 2.33. The van der Waals surface area contributed by atoms with Crippen molar-refractivity contribution in [3.05, 3.63) is 0 Å². The van der Waals surface area contributed by atoms with Crippen molar-refractivity contribution in [3.63, 3.8) is 0 Å². The molecular formula is C12H23NO2. The first kappa shape index (κ1) is 12.5. The summed E-state index contributed by atoms with van der Waals surface area (Å²) in [6, 6.07) is 0.561. The van der Waals surface area contributed by atoms with E-state index < -0.39 is 0 Å². The molecule has 0 aromatic heterocycles. The minimum atomic E-state index is -0.0378. The second-order valence-electron chi connectivity index (χ2n) is 5.47. The summed E-state index contributed by atoms with van der Waals surface area (Å²) in [4.78, 5) is 11.3. The first-order valence-corrected chi connectivity index (χ1v) is 5.78. The molecule has 1 N–H and O–H groups in total. The highest BCUT2D eigenvalue weighted by Gasteiger charge is 2.28. The predicted octanol–water partition coefficient (Wildman–Crippen LogP) is 2.11. The van der Waals surface area contributed by atoms with E-state index in [0.717, 1.165) is 25.7 Å². The van der Waals surface area contributed by atoms with Gasteiger partial charge in [0.05, 0.1) is 13.0 Å². The zero-order valence-corrected chi connectivity index (χ0v) is 10.3. The Morgan fingerprint density at radius 2 is 1.73 bits per heavy atom. The third-order valence-corrected chi connectivity index (χ3v) is 2.90. The van der Waals surface area contributed by atoms with E-state index in [4.69, 9.17) is 4.74 Å². The van der Waals surface area contributed by atoms with Gasteiger partial charge in [0.25, 0.3) is 0 Å². The lowest BCUT2D eigenvalue weighted by molar-refractivity contribution is -0.146. The molecule has 0 unspecified atom stereocenters. The van der Waals surface area contributed by atoms with Crippen molar-refractivity contribution in [1.82, 2.24) is 5.32 Å². The molecule has 0 radical (unpaired) electrons. The minimum Gasteiger partial charge on any atom is -0.469 e. The summed E-state index contributed by atoms with van der Waals surface area (Å²) in [6.45, 7) is 6.54. The summed E-state index contributed by atoms with van der Waals surface area (Å²) < 4.78 is 4.77. The van der Waals surface area contributed by atoms with E-state index in [1.165, 1.54) is 7.11 Å². The molecule has 0 atom stereocenters. The highest BCUT2D eigenvalue weighted by Crippen LogP contribution is 2.26. The van der Waals surface area contributed by atoms with Gasteiger partial charge in [0.2, 0.25) is 0 Å². The van der Waals surface area contributed by atoms with Gasteiger partial charge in [-0.1, -0.05) is 0 Å². The summed E-state index contributed by atoms with van der Waals surface area (Å²) in [5.74, 6) is 0.0947. The molecular weight excluding hydrogens is 190 g/mol. The van der Waals surface area contributed by atoms with Gasteiger partial charge in [-0.3, -0.25) is 4.79 Å². The van der Waals surface area contributed by atoms with Crippen LogP contribution in [0.15, 0.2) is 0 Å². The third-order valence-electron chi connectivity index (χ3n) is 2.90. The predicted molar refractivity (Wildman–Crippen MR) is 60.7 cm³/mol. The highest BCUT2D eigenvalue weighted by atomic mass is 16.5. The van der Waals surface area contributed by atoms with Crippen molar-refractivity contribution in [2.45, 2.75) is 58.0 Å². The average molecular weight is 213 g/mol. The van der Waals surface area contributed by atoms with Crippen LogP contribution in [0.4, 0.5) is 0 Å². The van der Waals surface area contributed by atoms with Crippen molar-refractivity contribution in [2.24, 2.45) is 5.92 Å². The molecule has 0 saturated heterocycles. The van der Waals surface area contributed by atoms with Crippen molar-refractivity contribution < 1.29 is 9.53 Å². The lowest BCUT2D eigenvalue weighted by atomic mass is 9.85. The standard InChI is InChI=1S/C12H23NO2/c1-12(2,3)13-10-7-5-9(6-8-10)11(14)15-4/h9-10,13H,5-8H2,1-4H3. The summed E-state index contributed by atoms with van der Waals surface area (Å²) in [5.41, 5.74) is 0.169. The number of hydrogen-bond donors (Lipinski definition) is 1. The van der Waals surface area contributed by atoms with E-state index in [-0.39, 0.29) is 17.4 Å². The molecule has 0 aromatic carbocycles. The summed E-state index contributed by atoms with van der Waals surface area (Å²) >= 11 is 0. The number of rotatable bonds is 2. The van der Waals surface area contributed by atoms with Crippen LogP contribution in [0.5, 0.6) is 0 Å². The summed E-state index contributed by atoms with van der Waals surface area (Å²) in [7, 11) is 1.47. The van der Waals surface area contributed by atoms with E-state index in [2.05, 4.69) is 26.1 Å². The van der Waals surface area contributed by atoms with E-state index in [0.29, 0.717) is 6.04 Å². The van der Waals surface area contributed by atoms with E-state index in [9.17, 15) is 4.79 Å². The largest absolute Gasteiger partial charge is 0.469 e. The SMILES string of the molecule is COC(=O)C1CCC(NC(C)(C)C)CC1. The Morgan fingerprint density at radius 3 is 2.13 bits per heavy atom. The number of ether oxygens (including phenoxy) is 1. The van der Waals surface area contributed by atoms with Crippen molar-refractivity contribution in [1.29, 1.82) is 0 Å². The van der Waals surface area contributed by atoms with Gasteiger partial charge < -0.3 is 10.1 Å². The third kappa shape index (κ3) is 4.20. The first-order valence-electron chi connectivity index (χ1n) is 5.78. The molecule has 0 aromatic rings. The zero-order valence-electron chi connectivity index (χ0n) is 10.3. The number of methoxy groups -OCH3 is 1.